The Morgan fingerprint density at radius 2 is 1.72 bits per heavy atom. The molecule has 7 heteroatoms. The van der Waals surface area contributed by atoms with Gasteiger partial charge in [-0.1, -0.05) is 60.1 Å². The Morgan fingerprint density at radius 3 is 2.41 bits per heavy atom. The second-order valence-corrected chi connectivity index (χ2v) is 7.71. The van der Waals surface area contributed by atoms with E-state index in [9.17, 15) is 4.79 Å². The van der Waals surface area contributed by atoms with Crippen LogP contribution in [0.25, 0.3) is 27.9 Å². The Morgan fingerprint density at radius 1 is 0.938 bits per heavy atom. The Bertz CT molecular complexity index is 1510. The largest absolute Gasteiger partial charge is 0.350 e. The van der Waals surface area contributed by atoms with Crippen LogP contribution in [0.15, 0.2) is 90.0 Å². The van der Waals surface area contributed by atoms with Crippen molar-refractivity contribution in [3.63, 3.8) is 0 Å². The zero-order valence-electron chi connectivity index (χ0n) is 16.8. The molecule has 0 atom stereocenters. The van der Waals surface area contributed by atoms with Gasteiger partial charge in [0, 0.05) is 23.0 Å². The first-order valence-electron chi connectivity index (χ1n) is 9.92. The minimum Gasteiger partial charge on any atom is -0.250 e. The third-order valence-electron chi connectivity index (χ3n) is 5.24. The first-order chi connectivity index (χ1) is 15.6. The van der Waals surface area contributed by atoms with E-state index < -0.39 is 0 Å². The van der Waals surface area contributed by atoms with E-state index in [0.717, 1.165) is 27.8 Å². The average Bonchev–Trinajstić information content (AvgIpc) is 3.15. The molecule has 0 unspecified atom stereocenters. The summed E-state index contributed by atoms with van der Waals surface area (Å²) in [6.07, 6.45) is 3.33. The highest BCUT2D eigenvalue weighted by molar-refractivity contribution is 6.30. The molecule has 0 aliphatic carbocycles. The molecule has 2 aromatic carbocycles. The molecule has 0 amide bonds. The highest BCUT2D eigenvalue weighted by atomic mass is 35.5. The van der Waals surface area contributed by atoms with Gasteiger partial charge in [-0.25, -0.2) is 18.9 Å². The monoisotopic (exact) mass is 437 g/mol. The van der Waals surface area contributed by atoms with Crippen LogP contribution in [0.3, 0.4) is 0 Å². The molecule has 0 aliphatic rings. The molecule has 3 heterocycles. The molecule has 0 fully saturated rings. The van der Waals surface area contributed by atoms with Crippen molar-refractivity contribution in [3.05, 3.63) is 112 Å². The van der Waals surface area contributed by atoms with E-state index in [1.807, 2.05) is 66.7 Å². The summed E-state index contributed by atoms with van der Waals surface area (Å²) < 4.78 is 2.97. The van der Waals surface area contributed by atoms with E-state index in [-0.39, 0.29) is 12.2 Å². The van der Waals surface area contributed by atoms with Crippen molar-refractivity contribution >= 4 is 17.2 Å². The molecule has 0 spiro atoms. The summed E-state index contributed by atoms with van der Waals surface area (Å²) >= 11 is 6.09. The van der Waals surface area contributed by atoms with Crippen LogP contribution in [0.5, 0.6) is 0 Å². The van der Waals surface area contributed by atoms with Gasteiger partial charge < -0.3 is 0 Å². The molecular formula is C25H16ClN5O. The molecule has 5 aromatic rings. The van der Waals surface area contributed by atoms with E-state index >= 15 is 0 Å². The van der Waals surface area contributed by atoms with E-state index in [1.54, 1.807) is 28.9 Å². The maximum atomic E-state index is 13.1. The molecule has 0 saturated carbocycles. The Kier molecular flexibility index (Phi) is 5.02. The van der Waals surface area contributed by atoms with Crippen LogP contribution in [0.1, 0.15) is 11.3 Å². The molecule has 6 nitrogen and oxygen atoms in total. The lowest BCUT2D eigenvalue weighted by Gasteiger charge is -2.11. The van der Waals surface area contributed by atoms with Crippen LogP contribution in [-0.4, -0.2) is 19.2 Å². The SMILES string of the molecule is N#Cc1ccc(Cn2nc3c(-c4ccccc4)c(-c4ccc(Cl)cc4)ccn3c2=O)cn1. The summed E-state index contributed by atoms with van der Waals surface area (Å²) in [5, 5.41) is 14.3. The lowest BCUT2D eigenvalue weighted by atomic mass is 9.96. The molecule has 0 aliphatic heterocycles. The van der Waals surface area contributed by atoms with Gasteiger partial charge in [-0.3, -0.25) is 0 Å². The van der Waals surface area contributed by atoms with Crippen molar-refractivity contribution in [3.8, 4) is 28.3 Å². The topological polar surface area (TPSA) is 76.0 Å². The number of fused-ring (bicyclic) bond motifs is 1. The summed E-state index contributed by atoms with van der Waals surface area (Å²) in [6, 6.07) is 24.8. The van der Waals surface area contributed by atoms with Crippen LogP contribution in [0.4, 0.5) is 0 Å². The van der Waals surface area contributed by atoms with Crippen molar-refractivity contribution in [2.75, 3.05) is 0 Å². The smallest absolute Gasteiger partial charge is 0.250 e. The van der Waals surface area contributed by atoms with Crippen LogP contribution in [-0.2, 0) is 6.54 Å². The van der Waals surface area contributed by atoms with Crippen molar-refractivity contribution < 1.29 is 0 Å². The first kappa shape index (κ1) is 19.7. The highest BCUT2D eigenvalue weighted by Crippen LogP contribution is 2.34. The van der Waals surface area contributed by atoms with E-state index in [1.165, 1.54) is 4.68 Å². The Hall–Kier alpha value is -4.21. The van der Waals surface area contributed by atoms with E-state index in [2.05, 4.69) is 10.1 Å². The maximum absolute atomic E-state index is 13.1. The van der Waals surface area contributed by atoms with Gasteiger partial charge in [0.1, 0.15) is 11.8 Å². The fourth-order valence-corrected chi connectivity index (χ4v) is 3.82. The molecule has 32 heavy (non-hydrogen) atoms. The average molecular weight is 438 g/mol. The standard InChI is InChI=1S/C25H16ClN5O/c26-20-9-7-18(8-10-20)22-12-13-30-24(23(22)19-4-2-1-3-5-19)29-31(25(30)32)16-17-6-11-21(14-27)28-15-17/h1-13,15H,16H2. The summed E-state index contributed by atoms with van der Waals surface area (Å²) in [5.74, 6) is 0. The quantitative estimate of drug-likeness (QED) is 0.404. The number of hydrogen-bond acceptors (Lipinski definition) is 4. The van der Waals surface area contributed by atoms with Crippen LogP contribution < -0.4 is 5.69 Å². The number of rotatable bonds is 4. The molecule has 5 rings (SSSR count). The van der Waals surface area contributed by atoms with Crippen molar-refractivity contribution in [1.29, 1.82) is 5.26 Å². The lowest BCUT2D eigenvalue weighted by molar-refractivity contribution is 0.657. The summed E-state index contributed by atoms with van der Waals surface area (Å²) in [7, 11) is 0. The third-order valence-corrected chi connectivity index (χ3v) is 5.50. The van der Waals surface area contributed by atoms with Gasteiger partial charge in [0.25, 0.3) is 0 Å². The number of hydrogen-bond donors (Lipinski definition) is 0. The zero-order valence-corrected chi connectivity index (χ0v) is 17.6. The maximum Gasteiger partial charge on any atom is 0.350 e. The predicted octanol–water partition coefficient (Wildman–Crippen LogP) is 4.80. The van der Waals surface area contributed by atoms with Gasteiger partial charge in [-0.15, -0.1) is 5.10 Å². The molecule has 0 saturated heterocycles. The van der Waals surface area contributed by atoms with E-state index in [0.29, 0.717) is 16.4 Å². The number of benzene rings is 2. The Labute approximate surface area is 188 Å². The zero-order chi connectivity index (χ0) is 22.1. The minimum atomic E-state index is -0.246. The molecule has 0 bridgehead atoms. The third kappa shape index (κ3) is 3.55. The van der Waals surface area contributed by atoms with Gasteiger partial charge in [0.15, 0.2) is 5.65 Å². The van der Waals surface area contributed by atoms with Crippen molar-refractivity contribution in [2.24, 2.45) is 0 Å². The molecular weight excluding hydrogens is 422 g/mol. The van der Waals surface area contributed by atoms with E-state index in [4.69, 9.17) is 16.9 Å². The van der Waals surface area contributed by atoms with Crippen LogP contribution >= 0.6 is 11.6 Å². The number of pyridine rings is 2. The molecule has 0 N–H and O–H groups in total. The number of nitrogens with zero attached hydrogens (tertiary/aromatic N) is 5. The lowest BCUT2D eigenvalue weighted by Crippen LogP contribution is -2.21. The fraction of sp³-hybridized carbons (Fsp3) is 0.0400. The van der Waals surface area contributed by atoms with Gasteiger partial charge in [0.05, 0.1) is 6.54 Å². The van der Waals surface area contributed by atoms with Gasteiger partial charge in [-0.05, 0) is 46.5 Å². The van der Waals surface area contributed by atoms with Crippen LogP contribution in [0, 0.1) is 11.3 Å². The number of aromatic nitrogens is 4. The summed E-state index contributed by atoms with van der Waals surface area (Å²) in [6.45, 7) is 0.254. The predicted molar refractivity (Wildman–Crippen MR) is 123 cm³/mol. The van der Waals surface area contributed by atoms with Gasteiger partial charge in [0.2, 0.25) is 0 Å². The highest BCUT2D eigenvalue weighted by Gasteiger charge is 2.17. The first-order valence-corrected chi connectivity index (χ1v) is 10.3. The second kappa shape index (κ2) is 8.14. The molecule has 0 radical (unpaired) electrons. The van der Waals surface area contributed by atoms with Gasteiger partial charge >= 0.3 is 5.69 Å². The van der Waals surface area contributed by atoms with Crippen molar-refractivity contribution in [2.45, 2.75) is 6.54 Å². The number of nitriles is 1. The van der Waals surface area contributed by atoms with Gasteiger partial charge in [-0.2, -0.15) is 5.26 Å². The Balaban J connectivity index is 1.70. The summed E-state index contributed by atoms with van der Waals surface area (Å²) in [4.78, 5) is 17.2. The van der Waals surface area contributed by atoms with Crippen LogP contribution in [0.2, 0.25) is 5.02 Å². The molecule has 154 valence electrons. The summed E-state index contributed by atoms with van der Waals surface area (Å²) in [5.41, 5.74) is 5.19. The second-order valence-electron chi connectivity index (χ2n) is 7.27. The van der Waals surface area contributed by atoms with Crippen molar-refractivity contribution in [1.82, 2.24) is 19.2 Å². The number of halogens is 1. The fourth-order valence-electron chi connectivity index (χ4n) is 3.70. The normalized spacial score (nSPS) is 10.9. The minimum absolute atomic E-state index is 0.246. The molecule has 3 aromatic heterocycles.